The van der Waals surface area contributed by atoms with Gasteiger partial charge in [-0.05, 0) is 37.5 Å². The molecule has 0 spiro atoms. The summed E-state index contributed by atoms with van der Waals surface area (Å²) in [5.74, 6) is 0.896. The highest BCUT2D eigenvalue weighted by atomic mass is 19.1. The second kappa shape index (κ2) is 7.84. The van der Waals surface area contributed by atoms with Crippen molar-refractivity contribution in [3.8, 4) is 11.6 Å². The number of halogens is 1. The first-order valence-electron chi connectivity index (χ1n) is 9.23. The Morgan fingerprint density at radius 3 is 2.61 bits per heavy atom. The molecule has 0 unspecified atom stereocenters. The van der Waals surface area contributed by atoms with Crippen LogP contribution in [-0.4, -0.2) is 44.0 Å². The standard InChI is InChI=1S/C20H20FN5O2/c1-13-11-23-17(12-22-13)20-24-19(25-28-20)15-6-8-26(9-7-15)18(27)10-14-2-4-16(21)5-3-14/h2-5,11-12,15H,6-10H2,1H3. The van der Waals surface area contributed by atoms with Crippen LogP contribution in [0.3, 0.4) is 0 Å². The lowest BCUT2D eigenvalue weighted by molar-refractivity contribution is -0.131. The van der Waals surface area contributed by atoms with Gasteiger partial charge in [-0.25, -0.2) is 9.37 Å². The van der Waals surface area contributed by atoms with Crippen LogP contribution in [0.4, 0.5) is 4.39 Å². The third-order valence-electron chi connectivity index (χ3n) is 4.92. The van der Waals surface area contributed by atoms with Gasteiger partial charge in [-0.1, -0.05) is 17.3 Å². The molecule has 0 bridgehead atoms. The lowest BCUT2D eigenvalue weighted by Gasteiger charge is -2.30. The van der Waals surface area contributed by atoms with Gasteiger partial charge in [-0.3, -0.25) is 9.78 Å². The lowest BCUT2D eigenvalue weighted by Crippen LogP contribution is -2.39. The molecule has 8 heteroatoms. The van der Waals surface area contributed by atoms with Crippen LogP contribution in [-0.2, 0) is 11.2 Å². The van der Waals surface area contributed by atoms with Crippen molar-refractivity contribution in [2.75, 3.05) is 13.1 Å². The smallest absolute Gasteiger partial charge is 0.278 e. The fourth-order valence-corrected chi connectivity index (χ4v) is 3.28. The van der Waals surface area contributed by atoms with Gasteiger partial charge in [0.05, 0.1) is 18.3 Å². The zero-order valence-electron chi connectivity index (χ0n) is 15.5. The van der Waals surface area contributed by atoms with Gasteiger partial charge in [-0.15, -0.1) is 0 Å². The zero-order chi connectivity index (χ0) is 19.5. The molecule has 1 aromatic carbocycles. The number of benzene rings is 1. The van der Waals surface area contributed by atoms with Gasteiger partial charge in [0.25, 0.3) is 5.89 Å². The van der Waals surface area contributed by atoms with E-state index in [1.165, 1.54) is 12.1 Å². The van der Waals surface area contributed by atoms with E-state index in [1.54, 1.807) is 24.5 Å². The third kappa shape index (κ3) is 4.05. The summed E-state index contributed by atoms with van der Waals surface area (Å²) < 4.78 is 18.3. The molecule has 3 heterocycles. The summed E-state index contributed by atoms with van der Waals surface area (Å²) in [6, 6.07) is 6.05. The highest BCUT2D eigenvalue weighted by Gasteiger charge is 2.27. The number of carbonyl (C=O) groups excluding carboxylic acids is 1. The largest absolute Gasteiger partial charge is 0.342 e. The van der Waals surface area contributed by atoms with Crippen molar-refractivity contribution in [1.29, 1.82) is 0 Å². The molecule has 7 nitrogen and oxygen atoms in total. The van der Waals surface area contributed by atoms with Crippen LogP contribution in [0, 0.1) is 12.7 Å². The van der Waals surface area contributed by atoms with Crippen molar-refractivity contribution in [1.82, 2.24) is 25.0 Å². The molecule has 0 N–H and O–H groups in total. The highest BCUT2D eigenvalue weighted by molar-refractivity contribution is 5.78. The summed E-state index contributed by atoms with van der Waals surface area (Å²) >= 11 is 0. The average Bonchev–Trinajstić information content (AvgIpc) is 3.20. The second-order valence-corrected chi connectivity index (χ2v) is 6.96. The van der Waals surface area contributed by atoms with Gasteiger partial charge < -0.3 is 9.42 Å². The van der Waals surface area contributed by atoms with Crippen LogP contribution < -0.4 is 0 Å². The molecule has 4 rings (SSSR count). The topological polar surface area (TPSA) is 85.0 Å². The number of likely N-dealkylation sites (tertiary alicyclic amines) is 1. The highest BCUT2D eigenvalue weighted by Crippen LogP contribution is 2.27. The molecule has 3 aromatic rings. The van der Waals surface area contributed by atoms with E-state index in [9.17, 15) is 9.18 Å². The maximum Gasteiger partial charge on any atom is 0.278 e. The van der Waals surface area contributed by atoms with E-state index in [2.05, 4.69) is 20.1 Å². The number of aromatic nitrogens is 4. The number of carbonyl (C=O) groups is 1. The Morgan fingerprint density at radius 2 is 1.93 bits per heavy atom. The first kappa shape index (κ1) is 18.2. The molecular weight excluding hydrogens is 361 g/mol. The molecule has 2 aromatic heterocycles. The molecule has 1 aliphatic heterocycles. The normalized spacial score (nSPS) is 15.0. The van der Waals surface area contributed by atoms with Crippen molar-refractivity contribution in [3.05, 3.63) is 59.6 Å². The molecule has 1 amide bonds. The SMILES string of the molecule is Cc1cnc(-c2nc(C3CCN(C(=O)Cc4ccc(F)cc4)CC3)no2)cn1. The maximum atomic E-state index is 13.0. The van der Waals surface area contributed by atoms with Crippen LogP contribution >= 0.6 is 0 Å². The Morgan fingerprint density at radius 1 is 1.18 bits per heavy atom. The molecule has 0 atom stereocenters. The predicted molar refractivity (Wildman–Crippen MR) is 98.7 cm³/mol. The van der Waals surface area contributed by atoms with Crippen LogP contribution in [0.5, 0.6) is 0 Å². The Balaban J connectivity index is 1.34. The molecule has 1 fully saturated rings. The maximum absolute atomic E-state index is 13.0. The Labute approximate surface area is 161 Å². The van der Waals surface area contributed by atoms with Crippen LogP contribution in [0.2, 0.25) is 0 Å². The third-order valence-corrected chi connectivity index (χ3v) is 4.92. The molecule has 0 saturated carbocycles. The van der Waals surface area contributed by atoms with Crippen LogP contribution in [0.15, 0.2) is 41.2 Å². The first-order valence-corrected chi connectivity index (χ1v) is 9.23. The summed E-state index contributed by atoms with van der Waals surface area (Å²) in [5, 5.41) is 4.09. The van der Waals surface area contributed by atoms with Crippen molar-refractivity contribution in [2.45, 2.75) is 32.1 Å². The number of nitrogens with zero attached hydrogens (tertiary/aromatic N) is 5. The number of hydrogen-bond acceptors (Lipinski definition) is 6. The number of hydrogen-bond donors (Lipinski definition) is 0. The van der Waals surface area contributed by atoms with E-state index in [1.807, 2.05) is 11.8 Å². The van der Waals surface area contributed by atoms with Crippen molar-refractivity contribution in [2.24, 2.45) is 0 Å². The number of amides is 1. The molecule has 28 heavy (non-hydrogen) atoms. The lowest BCUT2D eigenvalue weighted by atomic mass is 9.95. The summed E-state index contributed by atoms with van der Waals surface area (Å²) in [6.45, 7) is 3.14. The van der Waals surface area contributed by atoms with E-state index in [-0.39, 0.29) is 24.1 Å². The average molecular weight is 381 g/mol. The van der Waals surface area contributed by atoms with E-state index >= 15 is 0 Å². The number of aryl methyl sites for hydroxylation is 1. The summed E-state index contributed by atoms with van der Waals surface area (Å²) in [5.41, 5.74) is 2.19. The fraction of sp³-hybridized carbons (Fsp3) is 0.350. The molecule has 0 aliphatic carbocycles. The van der Waals surface area contributed by atoms with E-state index < -0.39 is 0 Å². The molecule has 0 radical (unpaired) electrons. The zero-order valence-corrected chi connectivity index (χ0v) is 15.5. The predicted octanol–water partition coefficient (Wildman–Crippen LogP) is 2.92. The molecular formula is C20H20FN5O2. The molecule has 1 aliphatic rings. The monoisotopic (exact) mass is 381 g/mol. The summed E-state index contributed by atoms with van der Waals surface area (Å²) in [7, 11) is 0. The van der Waals surface area contributed by atoms with E-state index in [0.717, 1.165) is 24.1 Å². The number of piperidine rings is 1. The van der Waals surface area contributed by atoms with Gasteiger partial charge >= 0.3 is 0 Å². The summed E-state index contributed by atoms with van der Waals surface area (Å²) in [4.78, 5) is 27.2. The van der Waals surface area contributed by atoms with Crippen molar-refractivity contribution in [3.63, 3.8) is 0 Å². The Bertz CT molecular complexity index is 947. The Kier molecular flexibility index (Phi) is 5.10. The van der Waals surface area contributed by atoms with E-state index in [4.69, 9.17) is 4.52 Å². The minimum absolute atomic E-state index is 0.0498. The second-order valence-electron chi connectivity index (χ2n) is 6.96. The van der Waals surface area contributed by atoms with Gasteiger partial charge in [0, 0.05) is 25.2 Å². The fourth-order valence-electron chi connectivity index (χ4n) is 3.28. The molecule has 1 saturated heterocycles. The minimum Gasteiger partial charge on any atom is -0.342 e. The summed E-state index contributed by atoms with van der Waals surface area (Å²) in [6.07, 6.45) is 5.10. The Hall–Kier alpha value is -3.16. The van der Waals surface area contributed by atoms with E-state index in [0.29, 0.717) is 30.5 Å². The van der Waals surface area contributed by atoms with Gasteiger partial charge in [0.1, 0.15) is 11.5 Å². The quantitative estimate of drug-likeness (QED) is 0.691. The van der Waals surface area contributed by atoms with Gasteiger partial charge in [0.15, 0.2) is 5.82 Å². The van der Waals surface area contributed by atoms with Crippen LogP contribution in [0.25, 0.3) is 11.6 Å². The molecule has 144 valence electrons. The first-order chi connectivity index (χ1) is 13.6. The van der Waals surface area contributed by atoms with Crippen molar-refractivity contribution >= 4 is 5.91 Å². The minimum atomic E-state index is -0.298. The van der Waals surface area contributed by atoms with Gasteiger partial charge in [-0.2, -0.15) is 4.98 Å². The van der Waals surface area contributed by atoms with Crippen molar-refractivity contribution < 1.29 is 13.7 Å². The van der Waals surface area contributed by atoms with Crippen LogP contribution in [0.1, 0.15) is 35.8 Å². The van der Waals surface area contributed by atoms with Gasteiger partial charge in [0.2, 0.25) is 5.91 Å². The number of rotatable bonds is 4.